The van der Waals surface area contributed by atoms with Crippen molar-refractivity contribution < 1.29 is 53.1 Å². The summed E-state index contributed by atoms with van der Waals surface area (Å²) >= 11 is 0. The van der Waals surface area contributed by atoms with Crippen LogP contribution in [0.4, 0.5) is 0 Å². The second-order valence-electron chi connectivity index (χ2n) is 10.9. The maximum absolute atomic E-state index is 12.6. The Morgan fingerprint density at radius 2 is 0.902 bits per heavy atom. The van der Waals surface area contributed by atoms with Crippen LogP contribution >= 0.6 is 0 Å². The van der Waals surface area contributed by atoms with E-state index in [-0.39, 0.29) is 18.7 Å². The first-order chi connectivity index (χ1) is 24.0. The predicted molar refractivity (Wildman–Crippen MR) is 177 cm³/mol. The number of aromatic hydroxyl groups is 1. The third-order valence-electron chi connectivity index (χ3n) is 6.50. The van der Waals surface area contributed by atoms with Crippen molar-refractivity contribution in [1.82, 2.24) is 53.2 Å². The second kappa shape index (κ2) is 22.4. The zero-order chi connectivity index (χ0) is 38.5. The summed E-state index contributed by atoms with van der Waals surface area (Å²) in [4.78, 5) is 120. The molecule has 10 amide bonds. The lowest BCUT2D eigenvalue weighted by atomic mass is 10.0. The van der Waals surface area contributed by atoms with Crippen LogP contribution in [0.3, 0.4) is 0 Å². The monoisotopic (exact) mass is 720 g/mol. The van der Waals surface area contributed by atoms with Crippen molar-refractivity contribution in [3.63, 3.8) is 0 Å². The molecule has 0 saturated heterocycles. The average molecular weight is 721 g/mol. The number of hydrogen-bond acceptors (Lipinski definition) is 11. The van der Waals surface area contributed by atoms with Gasteiger partial charge in [0.2, 0.25) is 59.1 Å². The lowest BCUT2D eigenvalue weighted by Gasteiger charge is -2.18. The quantitative estimate of drug-likeness (QED) is 0.0602. The number of likely N-dealkylation sites (N-methyl/N-ethyl adjacent to an activating group) is 1. The number of rotatable bonds is 20. The molecule has 0 spiro atoms. The van der Waals surface area contributed by atoms with Crippen LogP contribution in [0.25, 0.3) is 0 Å². The average Bonchev–Trinajstić information content (AvgIpc) is 3.09. The number of carbonyl (C=O) groups excluding carboxylic acids is 10. The lowest BCUT2D eigenvalue weighted by Crippen LogP contribution is -2.52. The van der Waals surface area contributed by atoms with E-state index < -0.39 is 110 Å². The highest BCUT2D eigenvalue weighted by Gasteiger charge is 2.22. The molecule has 0 bridgehead atoms. The largest absolute Gasteiger partial charge is 0.508 e. The summed E-state index contributed by atoms with van der Waals surface area (Å²) < 4.78 is 0. The number of nitrogens with one attached hydrogen (secondary N) is 10. The van der Waals surface area contributed by atoms with E-state index in [2.05, 4.69) is 53.2 Å². The van der Waals surface area contributed by atoms with E-state index in [4.69, 9.17) is 0 Å². The van der Waals surface area contributed by atoms with Gasteiger partial charge < -0.3 is 58.3 Å². The van der Waals surface area contributed by atoms with Crippen molar-refractivity contribution in [2.75, 3.05) is 46.3 Å². The Morgan fingerprint density at radius 3 is 1.33 bits per heavy atom. The van der Waals surface area contributed by atoms with E-state index in [9.17, 15) is 53.1 Å². The molecular weight excluding hydrogens is 676 g/mol. The van der Waals surface area contributed by atoms with Crippen LogP contribution in [0.2, 0.25) is 0 Å². The fourth-order valence-electron chi connectivity index (χ4n) is 3.78. The predicted octanol–water partition coefficient (Wildman–Crippen LogP) is -6.11. The highest BCUT2D eigenvalue weighted by Crippen LogP contribution is 2.11. The Balaban J connectivity index is 2.33. The van der Waals surface area contributed by atoms with E-state index in [1.54, 1.807) is 12.1 Å². The van der Waals surface area contributed by atoms with Gasteiger partial charge in [-0.25, -0.2) is 0 Å². The fourth-order valence-corrected chi connectivity index (χ4v) is 3.78. The molecule has 1 aromatic carbocycles. The molecule has 0 aliphatic heterocycles. The summed E-state index contributed by atoms with van der Waals surface area (Å²) in [6.07, 6.45) is 0.0841. The first kappa shape index (κ1) is 42.7. The summed E-state index contributed by atoms with van der Waals surface area (Å²) in [7, 11) is 1.39. The summed E-state index contributed by atoms with van der Waals surface area (Å²) in [6.45, 7) is 0.990. The molecule has 0 heterocycles. The summed E-state index contributed by atoms with van der Waals surface area (Å²) in [6, 6.07) is 2.77. The van der Waals surface area contributed by atoms with Gasteiger partial charge in [-0.3, -0.25) is 47.9 Å². The van der Waals surface area contributed by atoms with Crippen LogP contribution in [0.1, 0.15) is 26.3 Å². The molecule has 1 aromatic rings. The first-order valence-corrected chi connectivity index (χ1v) is 15.5. The van der Waals surface area contributed by atoms with Crippen molar-refractivity contribution in [2.45, 2.75) is 45.3 Å². The van der Waals surface area contributed by atoms with Crippen LogP contribution in [0.5, 0.6) is 5.75 Å². The number of hydrogen-bond donors (Lipinski definition) is 11. The Labute approximate surface area is 292 Å². The Bertz CT molecular complexity index is 1450. The molecule has 0 fully saturated rings. The number of benzene rings is 1. The fraction of sp³-hybridized carbons (Fsp3) is 0.467. The normalized spacial score (nSPS) is 11.9. The van der Waals surface area contributed by atoms with Gasteiger partial charge in [-0.05, 0) is 31.5 Å². The van der Waals surface area contributed by atoms with Gasteiger partial charge in [-0.1, -0.05) is 12.1 Å². The Kier molecular flexibility index (Phi) is 18.7. The molecule has 51 heavy (non-hydrogen) atoms. The van der Waals surface area contributed by atoms with Crippen LogP contribution in [-0.2, 0) is 54.4 Å². The van der Waals surface area contributed by atoms with Gasteiger partial charge in [0.1, 0.15) is 23.9 Å². The molecule has 0 aliphatic carbocycles. The third-order valence-corrected chi connectivity index (χ3v) is 6.50. The molecule has 3 unspecified atom stereocenters. The Morgan fingerprint density at radius 1 is 0.529 bits per heavy atom. The van der Waals surface area contributed by atoms with Gasteiger partial charge in [-0.2, -0.15) is 0 Å². The first-order valence-electron chi connectivity index (χ1n) is 15.5. The van der Waals surface area contributed by atoms with Crippen LogP contribution < -0.4 is 53.2 Å². The second-order valence-corrected chi connectivity index (χ2v) is 10.9. The van der Waals surface area contributed by atoms with Crippen molar-refractivity contribution in [3.05, 3.63) is 29.8 Å². The topological polar surface area (TPSA) is 311 Å². The van der Waals surface area contributed by atoms with Crippen molar-refractivity contribution in [1.29, 1.82) is 0 Å². The van der Waals surface area contributed by atoms with E-state index in [0.717, 1.165) is 0 Å². The minimum absolute atomic E-state index is 0.0265. The number of amides is 10. The zero-order valence-corrected chi connectivity index (χ0v) is 28.5. The molecule has 1 rings (SSSR count). The summed E-state index contributed by atoms with van der Waals surface area (Å²) in [5, 5.41) is 32.5. The third kappa shape index (κ3) is 18.7. The smallest absolute Gasteiger partial charge is 0.243 e. The van der Waals surface area contributed by atoms with Gasteiger partial charge in [0.15, 0.2) is 0 Å². The molecule has 0 aromatic heterocycles. The number of phenols is 1. The van der Waals surface area contributed by atoms with Gasteiger partial charge in [-0.15, -0.1) is 0 Å². The maximum Gasteiger partial charge on any atom is 0.243 e. The number of carbonyl (C=O) groups is 10. The minimum atomic E-state index is -1.13. The molecule has 280 valence electrons. The van der Waals surface area contributed by atoms with Crippen molar-refractivity contribution in [2.24, 2.45) is 0 Å². The van der Waals surface area contributed by atoms with Crippen LogP contribution in [0.15, 0.2) is 24.3 Å². The minimum Gasteiger partial charge on any atom is -0.508 e. The van der Waals surface area contributed by atoms with Gasteiger partial charge >= 0.3 is 0 Å². The van der Waals surface area contributed by atoms with Crippen molar-refractivity contribution >= 4 is 59.1 Å². The molecule has 0 aliphatic rings. The molecule has 11 N–H and O–H groups in total. The van der Waals surface area contributed by atoms with Gasteiger partial charge in [0.05, 0.1) is 39.3 Å². The zero-order valence-electron chi connectivity index (χ0n) is 28.5. The molecule has 3 atom stereocenters. The van der Waals surface area contributed by atoms with Crippen molar-refractivity contribution in [3.8, 4) is 5.75 Å². The van der Waals surface area contributed by atoms with E-state index >= 15 is 0 Å². The molecular formula is C30H44N10O11. The van der Waals surface area contributed by atoms with Gasteiger partial charge in [0.25, 0.3) is 0 Å². The molecule has 21 nitrogen and oxygen atoms in total. The highest BCUT2D eigenvalue weighted by atomic mass is 16.3. The molecule has 0 saturated carbocycles. The van der Waals surface area contributed by atoms with E-state index in [1.165, 1.54) is 40.0 Å². The highest BCUT2D eigenvalue weighted by molar-refractivity contribution is 5.95. The molecule has 21 heteroatoms. The summed E-state index contributed by atoms with van der Waals surface area (Å²) in [5.41, 5.74) is 0.640. The number of phenolic OH excluding ortho intramolecular Hbond substituents is 1. The Hall–Kier alpha value is -6.28. The molecule has 0 radical (unpaired) electrons. The van der Waals surface area contributed by atoms with E-state index in [0.29, 0.717) is 5.56 Å². The van der Waals surface area contributed by atoms with E-state index in [1.807, 2.05) is 0 Å². The summed E-state index contributed by atoms with van der Waals surface area (Å²) in [5.74, 6) is -6.64. The van der Waals surface area contributed by atoms with Crippen LogP contribution in [0, 0.1) is 0 Å². The maximum atomic E-state index is 12.6. The lowest BCUT2D eigenvalue weighted by molar-refractivity contribution is -0.132. The van der Waals surface area contributed by atoms with Crippen LogP contribution in [-0.4, -0.2) is 129 Å². The SMILES string of the molecule is CNC(=O)CNC(=O)CNC(=O)C(C)NC(=O)CNC(=O)C(C)NC(=O)CNC(=O)CNC(=O)CNC(=O)C(Cc1ccc(O)cc1)NC(C)=O. The standard InChI is InChI=1S/C30H44N10O11/c1-16(28(49)35-12-24(45)32-10-22(43)31-4)39-27(48)15-36-29(50)17(2)38-26(47)14-34-23(44)11-33-25(46)13-37-30(51)21(40-18(3)41)9-19-5-7-20(42)8-6-19/h5-8,16-17,21,42H,9-15H2,1-4H3,(H,31,43)(H,32,45)(H,33,46)(H,34,44)(H,35,49)(H,36,50)(H,37,51)(H,38,47)(H,39,48)(H,40,41). The van der Waals surface area contributed by atoms with Gasteiger partial charge in [0, 0.05) is 20.4 Å².